The Morgan fingerprint density at radius 3 is 1.43 bits per heavy atom. The molecule has 0 saturated carbocycles. The second-order valence-corrected chi connectivity index (χ2v) is 17.3. The van der Waals surface area contributed by atoms with Crippen LogP contribution in [0, 0.1) is 0 Å². The van der Waals surface area contributed by atoms with Gasteiger partial charge < -0.3 is 20.3 Å². The number of hydrogen-bond donors (Lipinski definition) is 3. The second kappa shape index (κ2) is 48.3. The maximum atomic E-state index is 13.2. The molecule has 0 aromatic carbocycles. The molecule has 0 aliphatic heterocycles. The summed E-state index contributed by atoms with van der Waals surface area (Å²) in [7, 11) is 0. The number of allylic oxidation sites excluding steroid dienone is 12. The number of rotatable bonds is 45. The lowest BCUT2D eigenvalue weighted by Gasteiger charge is -2.24. The van der Waals surface area contributed by atoms with Crippen LogP contribution in [-0.4, -0.2) is 46.9 Å². The molecule has 3 N–H and O–H groups in total. The van der Waals surface area contributed by atoms with Gasteiger partial charge in [-0.1, -0.05) is 229 Å². The van der Waals surface area contributed by atoms with Crippen molar-refractivity contribution in [3.63, 3.8) is 0 Å². The molecule has 3 atom stereocenters. The van der Waals surface area contributed by atoms with Crippen molar-refractivity contribution in [2.24, 2.45) is 0 Å². The average molecular weight is 852 g/mol. The number of aliphatic hydroxyl groups is 2. The number of unbranched alkanes of at least 4 members (excludes halogenated alkanes) is 25. The van der Waals surface area contributed by atoms with E-state index in [1.54, 1.807) is 0 Å². The Morgan fingerprint density at radius 2 is 0.885 bits per heavy atom. The molecule has 3 unspecified atom stereocenters. The van der Waals surface area contributed by atoms with Gasteiger partial charge in [0.25, 0.3) is 0 Å². The molecular weight excluding hydrogens is 755 g/mol. The summed E-state index contributed by atoms with van der Waals surface area (Å²) in [4.78, 5) is 26.1. The molecule has 0 fully saturated rings. The van der Waals surface area contributed by atoms with Crippen LogP contribution < -0.4 is 5.32 Å². The van der Waals surface area contributed by atoms with E-state index in [1.165, 1.54) is 116 Å². The summed E-state index contributed by atoms with van der Waals surface area (Å²) in [6.07, 6.45) is 60.9. The SMILES string of the molecule is CCC/C=C/C=C/C=C/C=C/C=C/CCCCCC(CC(=O)NC(CO)C(O)CCCCCCCCCCCCCCCC)OC(=O)CCCCCCC/C=C\CCCCC. The minimum absolute atomic E-state index is 0.0439. The molecule has 0 spiro atoms. The molecule has 0 radical (unpaired) electrons. The largest absolute Gasteiger partial charge is 0.462 e. The predicted molar refractivity (Wildman–Crippen MR) is 264 cm³/mol. The van der Waals surface area contributed by atoms with Crippen molar-refractivity contribution >= 4 is 11.9 Å². The number of amides is 1. The van der Waals surface area contributed by atoms with E-state index in [9.17, 15) is 19.8 Å². The van der Waals surface area contributed by atoms with Gasteiger partial charge in [-0.25, -0.2) is 0 Å². The van der Waals surface area contributed by atoms with Crippen LogP contribution in [0.25, 0.3) is 0 Å². The third-order valence-electron chi connectivity index (χ3n) is 11.4. The van der Waals surface area contributed by atoms with Crippen molar-refractivity contribution in [3.05, 3.63) is 72.9 Å². The Kier molecular flexibility index (Phi) is 46.2. The summed E-state index contributed by atoms with van der Waals surface area (Å²) < 4.78 is 5.91. The Labute approximate surface area is 377 Å². The highest BCUT2D eigenvalue weighted by atomic mass is 16.5. The van der Waals surface area contributed by atoms with E-state index in [0.717, 1.165) is 77.0 Å². The van der Waals surface area contributed by atoms with Crippen LogP contribution in [0.5, 0.6) is 0 Å². The van der Waals surface area contributed by atoms with Crippen LogP contribution in [0.1, 0.15) is 239 Å². The number of carbonyl (C=O) groups excluding carboxylic acids is 2. The lowest BCUT2D eigenvalue weighted by atomic mass is 10.0. The fourth-order valence-electron chi connectivity index (χ4n) is 7.45. The third-order valence-corrected chi connectivity index (χ3v) is 11.4. The van der Waals surface area contributed by atoms with Crippen molar-refractivity contribution in [3.8, 4) is 0 Å². The maximum Gasteiger partial charge on any atom is 0.306 e. The van der Waals surface area contributed by atoms with E-state index in [4.69, 9.17) is 4.74 Å². The molecule has 0 aromatic rings. The highest BCUT2D eigenvalue weighted by molar-refractivity contribution is 5.77. The van der Waals surface area contributed by atoms with E-state index >= 15 is 0 Å². The van der Waals surface area contributed by atoms with E-state index < -0.39 is 18.2 Å². The Balaban J connectivity index is 4.69. The summed E-state index contributed by atoms with van der Waals surface area (Å²) in [5.74, 6) is -0.528. The van der Waals surface area contributed by atoms with Crippen LogP contribution in [0.4, 0.5) is 0 Å². The molecule has 0 bridgehead atoms. The quantitative estimate of drug-likeness (QED) is 0.0245. The summed E-state index contributed by atoms with van der Waals surface area (Å²) in [6, 6.07) is -0.720. The van der Waals surface area contributed by atoms with Crippen LogP contribution in [0.3, 0.4) is 0 Å². The minimum Gasteiger partial charge on any atom is -0.462 e. The zero-order valence-electron chi connectivity index (χ0n) is 40.0. The standard InChI is InChI=1S/C55H97NO5/c1-4-7-10-13-16-19-22-25-27-28-29-31-34-37-40-43-46-51(61-55(60)48-45-42-39-36-33-24-21-18-15-12-9-6-3)49-54(59)56-52(50-57)53(58)47-44-41-38-35-32-30-26-23-20-17-14-11-8-5-2/h10,13,16,18-19,21-22,25,27-29,31,51-53,57-58H,4-9,11-12,14-15,17,20,23-24,26,30,32-50H2,1-3H3,(H,56,59)/b13-10+,19-16+,21-18-,25-22+,28-27+,31-29+. The summed E-state index contributed by atoms with van der Waals surface area (Å²) >= 11 is 0. The first-order valence-corrected chi connectivity index (χ1v) is 25.7. The van der Waals surface area contributed by atoms with E-state index in [0.29, 0.717) is 19.3 Å². The van der Waals surface area contributed by atoms with Gasteiger partial charge in [-0.2, -0.15) is 0 Å². The number of esters is 1. The molecule has 0 aliphatic carbocycles. The molecule has 1 amide bonds. The van der Waals surface area contributed by atoms with Crippen molar-refractivity contribution in [2.75, 3.05) is 6.61 Å². The van der Waals surface area contributed by atoms with Crippen LogP contribution in [0.2, 0.25) is 0 Å². The highest BCUT2D eigenvalue weighted by Crippen LogP contribution is 2.17. The van der Waals surface area contributed by atoms with Crippen molar-refractivity contribution in [1.29, 1.82) is 0 Å². The van der Waals surface area contributed by atoms with Crippen molar-refractivity contribution < 1.29 is 24.5 Å². The first kappa shape index (κ1) is 58.3. The Bertz CT molecular complexity index is 1140. The molecule has 0 aromatic heterocycles. The summed E-state index contributed by atoms with van der Waals surface area (Å²) in [6.45, 7) is 6.36. The van der Waals surface area contributed by atoms with Gasteiger partial charge in [0, 0.05) is 6.42 Å². The van der Waals surface area contributed by atoms with Crippen molar-refractivity contribution in [1.82, 2.24) is 5.32 Å². The first-order chi connectivity index (χ1) is 30.0. The fourth-order valence-corrected chi connectivity index (χ4v) is 7.45. The monoisotopic (exact) mass is 852 g/mol. The van der Waals surface area contributed by atoms with Crippen LogP contribution in [0.15, 0.2) is 72.9 Å². The predicted octanol–water partition coefficient (Wildman–Crippen LogP) is 15.4. The molecule has 0 rings (SSSR count). The van der Waals surface area contributed by atoms with E-state index in [2.05, 4.69) is 62.5 Å². The first-order valence-electron chi connectivity index (χ1n) is 25.7. The zero-order chi connectivity index (χ0) is 44.5. The number of ether oxygens (including phenoxy) is 1. The Morgan fingerprint density at radius 1 is 0.475 bits per heavy atom. The average Bonchev–Trinajstić information content (AvgIpc) is 3.25. The molecule has 0 saturated heterocycles. The molecule has 61 heavy (non-hydrogen) atoms. The minimum atomic E-state index is -0.803. The van der Waals surface area contributed by atoms with Crippen LogP contribution >= 0.6 is 0 Å². The third kappa shape index (κ3) is 43.7. The Hall–Kier alpha value is -2.70. The number of nitrogens with one attached hydrogen (secondary N) is 1. The normalized spacial score (nSPS) is 13.9. The van der Waals surface area contributed by atoms with Gasteiger partial charge in [0.1, 0.15) is 6.10 Å². The number of hydrogen-bond acceptors (Lipinski definition) is 5. The van der Waals surface area contributed by atoms with Gasteiger partial charge in [0.15, 0.2) is 0 Å². The van der Waals surface area contributed by atoms with E-state index in [-0.39, 0.29) is 24.9 Å². The fraction of sp³-hybridized carbons (Fsp3) is 0.745. The van der Waals surface area contributed by atoms with E-state index in [1.807, 2.05) is 36.5 Å². The second-order valence-electron chi connectivity index (χ2n) is 17.3. The molecular formula is C55H97NO5. The lowest BCUT2D eigenvalue weighted by molar-refractivity contribution is -0.151. The topological polar surface area (TPSA) is 95.9 Å². The molecule has 0 heterocycles. The van der Waals surface area contributed by atoms with Gasteiger partial charge >= 0.3 is 5.97 Å². The van der Waals surface area contributed by atoms with Gasteiger partial charge in [-0.05, 0) is 70.6 Å². The molecule has 6 nitrogen and oxygen atoms in total. The van der Waals surface area contributed by atoms with Gasteiger partial charge in [-0.15, -0.1) is 0 Å². The molecule has 0 aliphatic rings. The summed E-state index contributed by atoms with van der Waals surface area (Å²) in [5.41, 5.74) is 0. The maximum absolute atomic E-state index is 13.2. The van der Waals surface area contributed by atoms with Gasteiger partial charge in [-0.3, -0.25) is 9.59 Å². The van der Waals surface area contributed by atoms with Gasteiger partial charge in [0.2, 0.25) is 5.91 Å². The molecule has 6 heteroatoms. The molecule has 352 valence electrons. The zero-order valence-corrected chi connectivity index (χ0v) is 40.0. The number of carbonyl (C=O) groups is 2. The highest BCUT2D eigenvalue weighted by Gasteiger charge is 2.24. The van der Waals surface area contributed by atoms with Crippen molar-refractivity contribution in [2.45, 2.75) is 257 Å². The van der Waals surface area contributed by atoms with Crippen LogP contribution in [-0.2, 0) is 14.3 Å². The summed E-state index contributed by atoms with van der Waals surface area (Å²) in [5, 5.41) is 23.8. The lowest BCUT2D eigenvalue weighted by Crippen LogP contribution is -2.46. The van der Waals surface area contributed by atoms with Gasteiger partial charge in [0.05, 0.1) is 25.2 Å². The number of aliphatic hydroxyl groups excluding tert-OH is 2. The smallest absolute Gasteiger partial charge is 0.306 e.